The Morgan fingerprint density at radius 1 is 1.12 bits per heavy atom. The lowest BCUT2D eigenvalue weighted by Gasteiger charge is -2.17. The van der Waals surface area contributed by atoms with Crippen LogP contribution < -0.4 is 5.73 Å². The zero-order valence-corrected chi connectivity index (χ0v) is 13.2. The lowest BCUT2D eigenvalue weighted by atomic mass is 10.1. The predicted octanol–water partition coefficient (Wildman–Crippen LogP) is 0.292. The summed E-state index contributed by atoms with van der Waals surface area (Å²) < 4.78 is 7.25. The normalized spacial score (nSPS) is 26.4. The van der Waals surface area contributed by atoms with Crippen LogP contribution in [0.4, 0.5) is 5.82 Å². The molecule has 8 heteroatoms. The lowest BCUT2D eigenvalue weighted by molar-refractivity contribution is -0.0508. The Morgan fingerprint density at radius 2 is 1.88 bits per heavy atom. The molecule has 130 valence electrons. The molecule has 1 fully saturated rings. The summed E-state index contributed by atoms with van der Waals surface area (Å²) in [6.07, 6.45) is -1.03. The molecule has 0 bridgehead atoms. The van der Waals surface area contributed by atoms with Gasteiger partial charge in [-0.2, -0.15) is 0 Å². The first-order valence-electron chi connectivity index (χ1n) is 7.90. The second-order valence-corrected chi connectivity index (χ2v) is 6.00. The first-order valence-corrected chi connectivity index (χ1v) is 7.90. The highest BCUT2D eigenvalue weighted by Gasteiger charge is 2.44. The zero-order chi connectivity index (χ0) is 17.6. The number of benzene rings is 1. The van der Waals surface area contributed by atoms with E-state index in [-0.39, 0.29) is 0 Å². The van der Waals surface area contributed by atoms with Crippen molar-refractivity contribution in [2.45, 2.75) is 24.5 Å². The molecule has 0 amide bonds. The second kappa shape index (κ2) is 6.08. The minimum absolute atomic E-state index is 0.314. The van der Waals surface area contributed by atoms with Crippen LogP contribution in [-0.2, 0) is 4.74 Å². The number of nitrogens with two attached hydrogens (primary N) is 1. The molecule has 0 radical (unpaired) electrons. The van der Waals surface area contributed by atoms with Crippen molar-refractivity contribution in [3.8, 4) is 11.1 Å². The molecule has 0 saturated carbocycles. The van der Waals surface area contributed by atoms with E-state index in [1.807, 2.05) is 30.3 Å². The number of ether oxygens (including phenoxy) is 1. The van der Waals surface area contributed by atoms with E-state index in [1.54, 1.807) is 10.8 Å². The summed E-state index contributed by atoms with van der Waals surface area (Å²) in [7, 11) is 0. The van der Waals surface area contributed by atoms with Crippen LogP contribution in [0.25, 0.3) is 22.2 Å². The van der Waals surface area contributed by atoms with Crippen LogP contribution >= 0.6 is 0 Å². The van der Waals surface area contributed by atoms with Gasteiger partial charge in [-0.15, -0.1) is 0 Å². The van der Waals surface area contributed by atoms with E-state index >= 15 is 0 Å². The number of aliphatic hydroxyl groups is 3. The maximum absolute atomic E-state index is 10.3. The quantitative estimate of drug-likeness (QED) is 0.539. The monoisotopic (exact) mass is 342 g/mol. The number of nitrogen functional groups attached to an aromatic ring is 1. The number of rotatable bonds is 3. The molecule has 1 unspecified atom stereocenters. The third kappa shape index (κ3) is 2.47. The van der Waals surface area contributed by atoms with E-state index in [0.29, 0.717) is 16.9 Å². The van der Waals surface area contributed by atoms with Crippen LogP contribution in [0.3, 0.4) is 0 Å². The van der Waals surface area contributed by atoms with Gasteiger partial charge < -0.3 is 30.4 Å². The van der Waals surface area contributed by atoms with Crippen LogP contribution in [0.5, 0.6) is 0 Å². The zero-order valence-electron chi connectivity index (χ0n) is 13.2. The molecule has 2 aromatic heterocycles. The highest BCUT2D eigenvalue weighted by atomic mass is 16.6. The van der Waals surface area contributed by atoms with Crippen LogP contribution in [0.2, 0.25) is 0 Å². The Bertz CT molecular complexity index is 898. The van der Waals surface area contributed by atoms with Crippen LogP contribution in [-0.4, -0.2) is 54.8 Å². The van der Waals surface area contributed by atoms with Gasteiger partial charge in [0.15, 0.2) is 6.23 Å². The minimum Gasteiger partial charge on any atom is -0.394 e. The Balaban J connectivity index is 1.90. The Kier molecular flexibility index (Phi) is 3.89. The number of aliphatic hydroxyl groups excluding tert-OH is 3. The van der Waals surface area contributed by atoms with Crippen molar-refractivity contribution in [1.29, 1.82) is 0 Å². The number of aromatic nitrogens is 3. The van der Waals surface area contributed by atoms with E-state index < -0.39 is 31.1 Å². The van der Waals surface area contributed by atoms with Crippen molar-refractivity contribution < 1.29 is 20.1 Å². The van der Waals surface area contributed by atoms with Gasteiger partial charge in [-0.05, 0) is 5.56 Å². The summed E-state index contributed by atoms with van der Waals surface area (Å²) in [5.74, 6) is 0.314. The van der Waals surface area contributed by atoms with Crippen molar-refractivity contribution in [3.63, 3.8) is 0 Å². The molecule has 4 rings (SSSR count). The van der Waals surface area contributed by atoms with Gasteiger partial charge >= 0.3 is 0 Å². The molecule has 1 aliphatic rings. The summed E-state index contributed by atoms with van der Waals surface area (Å²) in [5.41, 5.74) is 8.27. The molecule has 0 aliphatic carbocycles. The van der Waals surface area contributed by atoms with Crippen molar-refractivity contribution >= 4 is 16.9 Å². The largest absolute Gasteiger partial charge is 0.394 e. The molecule has 1 aliphatic heterocycles. The van der Waals surface area contributed by atoms with E-state index in [1.165, 1.54) is 6.33 Å². The standard InChI is InChI=1S/C17H18N4O4/c18-15-12-10(9-4-2-1-3-5-9)6-21(16(12)20-8-19-15)17-14(24)13(23)11(7-22)25-17/h1-6,8,11,13-14,17,22-24H,7H2,(H2,18,19,20)/t11-,13-,14-,17?/m1/s1. The van der Waals surface area contributed by atoms with Crippen molar-refractivity contribution in [2.24, 2.45) is 0 Å². The third-order valence-electron chi connectivity index (χ3n) is 4.51. The average molecular weight is 342 g/mol. The first-order chi connectivity index (χ1) is 12.1. The van der Waals surface area contributed by atoms with Gasteiger partial charge in [0.1, 0.15) is 36.1 Å². The topological polar surface area (TPSA) is 127 Å². The van der Waals surface area contributed by atoms with Crippen molar-refractivity contribution in [2.75, 3.05) is 12.3 Å². The van der Waals surface area contributed by atoms with E-state index in [2.05, 4.69) is 9.97 Å². The summed E-state index contributed by atoms with van der Waals surface area (Å²) in [6.45, 7) is -0.392. The molecule has 3 heterocycles. The van der Waals surface area contributed by atoms with Crippen LogP contribution in [0, 0.1) is 0 Å². The van der Waals surface area contributed by atoms with Gasteiger partial charge in [0.2, 0.25) is 0 Å². The molecule has 25 heavy (non-hydrogen) atoms. The molecule has 0 spiro atoms. The van der Waals surface area contributed by atoms with Crippen molar-refractivity contribution in [1.82, 2.24) is 14.5 Å². The number of anilines is 1. The highest BCUT2D eigenvalue weighted by Crippen LogP contribution is 2.38. The number of hydrogen-bond donors (Lipinski definition) is 4. The summed E-state index contributed by atoms with van der Waals surface area (Å²) in [4.78, 5) is 8.34. The van der Waals surface area contributed by atoms with Gasteiger partial charge in [0.25, 0.3) is 0 Å². The fraction of sp³-hybridized carbons (Fsp3) is 0.294. The summed E-state index contributed by atoms with van der Waals surface area (Å²) in [5, 5.41) is 30.3. The van der Waals surface area contributed by atoms with Gasteiger partial charge in [0, 0.05) is 11.8 Å². The molecule has 8 nitrogen and oxygen atoms in total. The second-order valence-electron chi connectivity index (χ2n) is 6.00. The van der Waals surface area contributed by atoms with Gasteiger partial charge in [0.05, 0.1) is 12.0 Å². The maximum Gasteiger partial charge on any atom is 0.164 e. The number of nitrogens with zero attached hydrogens (tertiary/aromatic N) is 3. The van der Waals surface area contributed by atoms with Gasteiger partial charge in [-0.1, -0.05) is 30.3 Å². The SMILES string of the molecule is Nc1ncnc2c1c(-c1ccccc1)cn2C1O[C@H](CO)[C@@H](O)[C@H]1O. The van der Waals surface area contributed by atoms with Gasteiger partial charge in [-0.3, -0.25) is 0 Å². The smallest absolute Gasteiger partial charge is 0.164 e. The molecule has 3 aromatic rings. The Labute approximate surface area is 143 Å². The Morgan fingerprint density at radius 3 is 2.56 bits per heavy atom. The number of hydrogen-bond acceptors (Lipinski definition) is 7. The van der Waals surface area contributed by atoms with Crippen LogP contribution in [0.1, 0.15) is 6.23 Å². The number of fused-ring (bicyclic) bond motifs is 1. The molecule has 1 aromatic carbocycles. The Hall–Kier alpha value is -2.52. The van der Waals surface area contributed by atoms with E-state index in [0.717, 1.165) is 11.1 Å². The minimum atomic E-state index is -1.20. The van der Waals surface area contributed by atoms with Crippen LogP contribution in [0.15, 0.2) is 42.9 Å². The maximum atomic E-state index is 10.3. The van der Waals surface area contributed by atoms with E-state index in [9.17, 15) is 15.3 Å². The van der Waals surface area contributed by atoms with Crippen molar-refractivity contribution in [3.05, 3.63) is 42.9 Å². The molecular formula is C17H18N4O4. The fourth-order valence-electron chi connectivity index (χ4n) is 3.25. The highest BCUT2D eigenvalue weighted by molar-refractivity contribution is 6.00. The molecule has 5 N–H and O–H groups in total. The summed E-state index contributed by atoms with van der Waals surface area (Å²) >= 11 is 0. The third-order valence-corrected chi connectivity index (χ3v) is 4.51. The molecule has 4 atom stereocenters. The lowest BCUT2D eigenvalue weighted by Crippen LogP contribution is -2.33. The first kappa shape index (κ1) is 16.0. The molecule has 1 saturated heterocycles. The average Bonchev–Trinajstić information content (AvgIpc) is 3.15. The van der Waals surface area contributed by atoms with E-state index in [4.69, 9.17) is 10.5 Å². The molecular weight excluding hydrogens is 324 g/mol. The fourth-order valence-corrected chi connectivity index (χ4v) is 3.25. The summed E-state index contributed by atoms with van der Waals surface area (Å²) in [6, 6.07) is 9.59. The van der Waals surface area contributed by atoms with Gasteiger partial charge in [-0.25, -0.2) is 9.97 Å². The predicted molar refractivity (Wildman–Crippen MR) is 90.4 cm³/mol.